The van der Waals surface area contributed by atoms with Crippen LogP contribution in [0.4, 0.5) is 11.5 Å². The fourth-order valence-corrected chi connectivity index (χ4v) is 1.05. The summed E-state index contributed by atoms with van der Waals surface area (Å²) in [6.07, 6.45) is 1.70. The number of nitrogens with zero attached hydrogens (tertiary/aromatic N) is 1. The van der Waals surface area contributed by atoms with Gasteiger partial charge in [-0.3, -0.25) is 0 Å². The third-order valence-corrected chi connectivity index (χ3v) is 1.73. The highest BCUT2D eigenvalue weighted by molar-refractivity contribution is 5.60. The Morgan fingerprint density at radius 2 is 2.47 bits per heavy atom. The molecular weight excluding hydrogens is 190 g/mol. The molecule has 3 N–H and O–H groups in total. The number of nitrogens with one attached hydrogen (secondary N) is 1. The molecule has 0 atom stereocenters. The number of aromatic nitrogens is 1. The van der Waals surface area contributed by atoms with Crippen molar-refractivity contribution in [1.82, 2.24) is 4.98 Å². The number of anilines is 2. The van der Waals surface area contributed by atoms with Crippen molar-refractivity contribution in [2.75, 3.05) is 30.8 Å². The molecule has 1 aromatic rings. The molecule has 0 aromatic carbocycles. The van der Waals surface area contributed by atoms with Gasteiger partial charge in [-0.1, -0.05) is 12.2 Å². The molecule has 0 amide bonds. The zero-order valence-corrected chi connectivity index (χ0v) is 8.99. The Hall–Kier alpha value is -1.55. The molecule has 0 unspecified atom stereocenters. The van der Waals surface area contributed by atoms with Gasteiger partial charge in [0, 0.05) is 12.7 Å². The van der Waals surface area contributed by atoms with E-state index in [1.807, 2.05) is 13.0 Å². The second-order valence-corrected chi connectivity index (χ2v) is 3.38. The molecule has 0 aliphatic heterocycles. The quantitative estimate of drug-likeness (QED) is 0.550. The molecule has 4 nitrogen and oxygen atoms in total. The van der Waals surface area contributed by atoms with Crippen molar-refractivity contribution in [1.29, 1.82) is 0 Å². The highest BCUT2D eigenvalue weighted by Gasteiger charge is 1.97. The van der Waals surface area contributed by atoms with Crippen molar-refractivity contribution >= 4 is 11.5 Å². The van der Waals surface area contributed by atoms with E-state index in [2.05, 4.69) is 16.9 Å². The molecule has 0 bridgehead atoms. The van der Waals surface area contributed by atoms with Crippen LogP contribution >= 0.6 is 0 Å². The number of hydrogen-bond acceptors (Lipinski definition) is 4. The Morgan fingerprint density at radius 1 is 1.67 bits per heavy atom. The first-order valence-corrected chi connectivity index (χ1v) is 4.86. The average molecular weight is 207 g/mol. The van der Waals surface area contributed by atoms with Crippen LogP contribution in [0.3, 0.4) is 0 Å². The maximum absolute atomic E-state index is 5.70. The minimum atomic E-state index is 0.597. The third-order valence-electron chi connectivity index (χ3n) is 1.73. The van der Waals surface area contributed by atoms with Gasteiger partial charge in [-0.05, 0) is 19.1 Å². The Kier molecular flexibility index (Phi) is 4.63. The van der Waals surface area contributed by atoms with Gasteiger partial charge < -0.3 is 15.8 Å². The summed E-state index contributed by atoms with van der Waals surface area (Å²) in [6.45, 7) is 7.58. The van der Waals surface area contributed by atoms with E-state index in [9.17, 15) is 0 Å². The van der Waals surface area contributed by atoms with Crippen molar-refractivity contribution in [3.05, 3.63) is 30.5 Å². The van der Waals surface area contributed by atoms with Crippen LogP contribution in [-0.2, 0) is 4.74 Å². The molecule has 0 fully saturated rings. The van der Waals surface area contributed by atoms with E-state index < -0.39 is 0 Å². The van der Waals surface area contributed by atoms with Crippen molar-refractivity contribution in [3.63, 3.8) is 0 Å². The lowest BCUT2D eigenvalue weighted by Gasteiger charge is -2.08. The molecule has 0 radical (unpaired) electrons. The lowest BCUT2D eigenvalue weighted by Crippen LogP contribution is -2.12. The molecule has 0 saturated heterocycles. The fraction of sp³-hybridized carbons (Fsp3) is 0.364. The van der Waals surface area contributed by atoms with Crippen LogP contribution in [0, 0.1) is 0 Å². The number of hydrogen-bond donors (Lipinski definition) is 2. The summed E-state index contributed by atoms with van der Waals surface area (Å²) in [4.78, 5) is 4.10. The second kappa shape index (κ2) is 6.03. The van der Waals surface area contributed by atoms with Crippen LogP contribution in [0.1, 0.15) is 6.92 Å². The summed E-state index contributed by atoms with van der Waals surface area (Å²) in [7, 11) is 0. The topological polar surface area (TPSA) is 60.2 Å². The van der Waals surface area contributed by atoms with Gasteiger partial charge in [0.15, 0.2) is 0 Å². The Morgan fingerprint density at radius 3 is 3.13 bits per heavy atom. The average Bonchev–Trinajstić information content (AvgIpc) is 2.20. The number of ether oxygens (including phenoxy) is 1. The lowest BCUT2D eigenvalue weighted by molar-refractivity contribution is 0.167. The SMILES string of the molecule is C=C(C)COCCNc1ncccc1N. The first-order valence-electron chi connectivity index (χ1n) is 4.86. The molecule has 1 heterocycles. The zero-order valence-electron chi connectivity index (χ0n) is 8.99. The minimum absolute atomic E-state index is 0.597. The van der Waals surface area contributed by atoms with Gasteiger partial charge >= 0.3 is 0 Å². The lowest BCUT2D eigenvalue weighted by atomic mass is 10.4. The number of rotatable bonds is 6. The normalized spacial score (nSPS) is 9.93. The first kappa shape index (κ1) is 11.5. The molecule has 0 saturated carbocycles. The molecule has 0 spiro atoms. The first-order chi connectivity index (χ1) is 7.20. The molecule has 0 aliphatic rings. The predicted molar refractivity (Wildman–Crippen MR) is 62.8 cm³/mol. The molecule has 1 rings (SSSR count). The molecule has 1 aromatic heterocycles. The largest absolute Gasteiger partial charge is 0.396 e. The van der Waals surface area contributed by atoms with E-state index in [-0.39, 0.29) is 0 Å². The van der Waals surface area contributed by atoms with Crippen LogP contribution in [0.2, 0.25) is 0 Å². The molecule has 82 valence electrons. The van der Waals surface area contributed by atoms with E-state index in [0.29, 0.717) is 31.3 Å². The molecule has 4 heteroatoms. The summed E-state index contributed by atoms with van der Waals surface area (Å²) in [5.74, 6) is 0.705. The monoisotopic (exact) mass is 207 g/mol. The van der Waals surface area contributed by atoms with Gasteiger partial charge in [0.05, 0.1) is 18.9 Å². The summed E-state index contributed by atoms with van der Waals surface area (Å²) in [5.41, 5.74) is 7.37. The van der Waals surface area contributed by atoms with E-state index in [0.717, 1.165) is 5.57 Å². The van der Waals surface area contributed by atoms with Crippen LogP contribution < -0.4 is 11.1 Å². The van der Waals surface area contributed by atoms with Crippen LogP contribution in [0.5, 0.6) is 0 Å². The Labute approximate surface area is 90.2 Å². The second-order valence-electron chi connectivity index (χ2n) is 3.38. The van der Waals surface area contributed by atoms with Crippen molar-refractivity contribution < 1.29 is 4.74 Å². The van der Waals surface area contributed by atoms with Crippen molar-refractivity contribution in [3.8, 4) is 0 Å². The van der Waals surface area contributed by atoms with Crippen molar-refractivity contribution in [2.45, 2.75) is 6.92 Å². The van der Waals surface area contributed by atoms with E-state index >= 15 is 0 Å². The van der Waals surface area contributed by atoms with E-state index in [4.69, 9.17) is 10.5 Å². The van der Waals surface area contributed by atoms with Gasteiger partial charge in [0.1, 0.15) is 5.82 Å². The van der Waals surface area contributed by atoms with Gasteiger partial charge in [-0.25, -0.2) is 4.98 Å². The van der Waals surface area contributed by atoms with E-state index in [1.165, 1.54) is 0 Å². The third kappa shape index (κ3) is 4.46. The molecule has 0 aliphatic carbocycles. The number of nitrogen functional groups attached to an aromatic ring is 1. The Balaban J connectivity index is 2.21. The van der Waals surface area contributed by atoms with Gasteiger partial charge in [0.2, 0.25) is 0 Å². The van der Waals surface area contributed by atoms with Crippen LogP contribution in [0.15, 0.2) is 30.5 Å². The van der Waals surface area contributed by atoms with Crippen molar-refractivity contribution in [2.24, 2.45) is 0 Å². The van der Waals surface area contributed by atoms with Gasteiger partial charge in [0.25, 0.3) is 0 Å². The highest BCUT2D eigenvalue weighted by atomic mass is 16.5. The van der Waals surface area contributed by atoms with Gasteiger partial charge in [-0.15, -0.1) is 0 Å². The summed E-state index contributed by atoms with van der Waals surface area (Å²) < 4.78 is 5.33. The van der Waals surface area contributed by atoms with Crippen LogP contribution in [-0.4, -0.2) is 24.7 Å². The number of pyridine rings is 1. The van der Waals surface area contributed by atoms with Gasteiger partial charge in [-0.2, -0.15) is 0 Å². The Bertz CT molecular complexity index is 325. The maximum atomic E-state index is 5.70. The standard InChI is InChI=1S/C11H17N3O/c1-9(2)8-15-7-6-14-11-10(12)4-3-5-13-11/h3-5H,1,6-8,12H2,2H3,(H,13,14). The number of nitrogens with two attached hydrogens (primary N) is 1. The van der Waals surface area contributed by atoms with E-state index in [1.54, 1.807) is 12.3 Å². The maximum Gasteiger partial charge on any atom is 0.149 e. The summed E-state index contributed by atoms with van der Waals surface area (Å²) in [6, 6.07) is 3.61. The predicted octanol–water partition coefficient (Wildman–Crippen LogP) is 1.67. The highest BCUT2D eigenvalue weighted by Crippen LogP contribution is 2.11. The van der Waals surface area contributed by atoms with Crippen LogP contribution in [0.25, 0.3) is 0 Å². The summed E-state index contributed by atoms with van der Waals surface area (Å²) >= 11 is 0. The smallest absolute Gasteiger partial charge is 0.149 e. The minimum Gasteiger partial charge on any atom is -0.396 e. The molecule has 15 heavy (non-hydrogen) atoms. The summed E-state index contributed by atoms with van der Waals surface area (Å²) in [5, 5.41) is 3.10. The molecular formula is C11H17N3O. The fourth-order valence-electron chi connectivity index (χ4n) is 1.05. The zero-order chi connectivity index (χ0) is 11.1.